The first-order valence-electron chi connectivity index (χ1n) is 6.62. The molecule has 0 spiro atoms. The van der Waals surface area contributed by atoms with Crippen LogP contribution in [0.3, 0.4) is 0 Å². The van der Waals surface area contributed by atoms with Gasteiger partial charge >= 0.3 is 0 Å². The first kappa shape index (κ1) is 13.9. The number of benzene rings is 1. The number of para-hydroxylation sites is 2. The number of nitrogens with one attached hydrogen (secondary N) is 2. The maximum Gasteiger partial charge on any atom is 0.268 e. The highest BCUT2D eigenvalue weighted by Gasteiger charge is 2.17. The van der Waals surface area contributed by atoms with Crippen molar-refractivity contribution in [3.63, 3.8) is 0 Å². The number of hydrogen-bond acceptors (Lipinski definition) is 2. The molecule has 3 rings (SSSR count). The minimum absolute atomic E-state index is 0.129. The molecule has 5 nitrogen and oxygen atoms in total. The van der Waals surface area contributed by atoms with Crippen LogP contribution in [0.15, 0.2) is 41.0 Å². The average Bonchev–Trinajstić information content (AvgIpc) is 3.01. The number of halogens is 1. The molecule has 0 aliphatic rings. The molecule has 0 bridgehead atoms. The molecule has 1 aromatic carbocycles. The molecule has 2 N–H and O–H groups in total. The summed E-state index contributed by atoms with van der Waals surface area (Å²) in [7, 11) is 1.84. The second-order valence-corrected chi connectivity index (χ2v) is 5.90. The maximum atomic E-state index is 12.3. The maximum absolute atomic E-state index is 12.3. The summed E-state index contributed by atoms with van der Waals surface area (Å²) in [4.78, 5) is 20.0. The lowest BCUT2D eigenvalue weighted by Crippen LogP contribution is -2.28. The van der Waals surface area contributed by atoms with Crippen molar-refractivity contribution in [1.29, 1.82) is 0 Å². The van der Waals surface area contributed by atoms with Crippen molar-refractivity contribution in [3.05, 3.63) is 52.5 Å². The molecule has 0 saturated heterocycles. The van der Waals surface area contributed by atoms with Crippen LogP contribution in [0, 0.1) is 0 Å². The number of aromatic amines is 1. The zero-order chi connectivity index (χ0) is 15.0. The standard InChI is InChI=1S/C15H15BrN4O/c1-9(14-18-11-5-3-4-6-12(11)19-14)17-15(21)13-7-10(16)8-20(13)2/h3-9H,1-2H3,(H,17,21)(H,18,19). The molecule has 2 heterocycles. The van der Waals surface area contributed by atoms with Gasteiger partial charge in [-0.05, 0) is 41.1 Å². The van der Waals surface area contributed by atoms with Gasteiger partial charge in [0.05, 0.1) is 17.1 Å². The van der Waals surface area contributed by atoms with Crippen LogP contribution in [0.2, 0.25) is 0 Å². The fourth-order valence-electron chi connectivity index (χ4n) is 2.27. The van der Waals surface area contributed by atoms with Crippen LogP contribution in [0.4, 0.5) is 0 Å². The van der Waals surface area contributed by atoms with Gasteiger partial charge in [0.15, 0.2) is 0 Å². The van der Waals surface area contributed by atoms with Gasteiger partial charge in [0.2, 0.25) is 0 Å². The van der Waals surface area contributed by atoms with Crippen LogP contribution in [0.25, 0.3) is 11.0 Å². The van der Waals surface area contributed by atoms with E-state index in [2.05, 4.69) is 31.2 Å². The summed E-state index contributed by atoms with van der Waals surface area (Å²) < 4.78 is 2.66. The zero-order valence-electron chi connectivity index (χ0n) is 11.7. The highest BCUT2D eigenvalue weighted by atomic mass is 79.9. The third-order valence-corrected chi connectivity index (χ3v) is 3.80. The summed E-state index contributed by atoms with van der Waals surface area (Å²) in [5.74, 6) is 0.619. The average molecular weight is 347 g/mol. The predicted molar refractivity (Wildman–Crippen MR) is 85.1 cm³/mol. The first-order valence-corrected chi connectivity index (χ1v) is 7.41. The van der Waals surface area contributed by atoms with Gasteiger partial charge in [-0.15, -0.1) is 0 Å². The number of nitrogens with zero attached hydrogens (tertiary/aromatic N) is 2. The van der Waals surface area contributed by atoms with Crippen molar-refractivity contribution in [3.8, 4) is 0 Å². The molecule has 0 fully saturated rings. The Bertz CT molecular complexity index is 772. The highest BCUT2D eigenvalue weighted by Crippen LogP contribution is 2.17. The molecule has 1 atom stereocenters. The lowest BCUT2D eigenvalue weighted by Gasteiger charge is -2.11. The summed E-state index contributed by atoms with van der Waals surface area (Å²) >= 11 is 3.37. The Balaban J connectivity index is 1.81. The van der Waals surface area contributed by atoms with E-state index < -0.39 is 0 Å². The summed E-state index contributed by atoms with van der Waals surface area (Å²) in [6.45, 7) is 1.91. The Hall–Kier alpha value is -2.08. The summed E-state index contributed by atoms with van der Waals surface area (Å²) in [5, 5.41) is 2.95. The lowest BCUT2D eigenvalue weighted by atomic mass is 10.3. The van der Waals surface area contributed by atoms with Crippen molar-refractivity contribution < 1.29 is 4.79 Å². The van der Waals surface area contributed by atoms with Crippen LogP contribution in [0.5, 0.6) is 0 Å². The van der Waals surface area contributed by atoms with Crippen LogP contribution in [0.1, 0.15) is 29.3 Å². The molecule has 6 heteroatoms. The molecule has 2 aromatic heterocycles. The number of imidazole rings is 1. The van der Waals surface area contributed by atoms with Gasteiger partial charge in [0, 0.05) is 17.7 Å². The Kier molecular flexibility index (Phi) is 3.55. The molecule has 0 radical (unpaired) electrons. The minimum atomic E-state index is -0.196. The van der Waals surface area contributed by atoms with Gasteiger partial charge in [-0.3, -0.25) is 4.79 Å². The van der Waals surface area contributed by atoms with Gasteiger partial charge in [-0.25, -0.2) is 4.98 Å². The van der Waals surface area contributed by atoms with Crippen LogP contribution < -0.4 is 5.32 Å². The van der Waals surface area contributed by atoms with E-state index in [0.29, 0.717) is 5.69 Å². The van der Waals surface area contributed by atoms with Gasteiger partial charge in [0.1, 0.15) is 11.5 Å². The summed E-state index contributed by atoms with van der Waals surface area (Å²) in [6, 6.07) is 9.40. The van der Waals surface area contributed by atoms with E-state index in [4.69, 9.17) is 0 Å². The number of aryl methyl sites for hydroxylation is 1. The van der Waals surface area contributed by atoms with Crippen molar-refractivity contribution in [2.75, 3.05) is 0 Å². The molecule has 0 saturated carbocycles. The van der Waals surface area contributed by atoms with E-state index in [9.17, 15) is 4.79 Å². The van der Waals surface area contributed by atoms with E-state index in [1.807, 2.05) is 44.4 Å². The smallest absolute Gasteiger partial charge is 0.268 e. The minimum Gasteiger partial charge on any atom is -0.345 e. The van der Waals surface area contributed by atoms with E-state index in [1.54, 1.807) is 10.6 Å². The van der Waals surface area contributed by atoms with Gasteiger partial charge < -0.3 is 14.9 Å². The molecule has 108 valence electrons. The van der Waals surface area contributed by atoms with E-state index in [-0.39, 0.29) is 11.9 Å². The second kappa shape index (κ2) is 5.37. The highest BCUT2D eigenvalue weighted by molar-refractivity contribution is 9.10. The number of fused-ring (bicyclic) bond motifs is 1. The number of aromatic nitrogens is 3. The third kappa shape index (κ3) is 2.71. The van der Waals surface area contributed by atoms with E-state index in [0.717, 1.165) is 21.3 Å². The fraction of sp³-hybridized carbons (Fsp3) is 0.200. The van der Waals surface area contributed by atoms with Crippen LogP contribution in [-0.4, -0.2) is 20.4 Å². The number of H-pyrrole nitrogens is 1. The number of carbonyl (C=O) groups is 1. The van der Waals surface area contributed by atoms with Gasteiger partial charge in [0.25, 0.3) is 5.91 Å². The Morgan fingerprint density at radius 1 is 1.43 bits per heavy atom. The molecular formula is C15H15BrN4O. The van der Waals surface area contributed by atoms with Crippen molar-refractivity contribution >= 4 is 32.9 Å². The topological polar surface area (TPSA) is 62.7 Å². The van der Waals surface area contributed by atoms with E-state index in [1.165, 1.54) is 0 Å². The SMILES string of the molecule is CC(NC(=O)c1cc(Br)cn1C)c1nc2ccccc2[nH]1. The first-order chi connectivity index (χ1) is 10.0. The largest absolute Gasteiger partial charge is 0.345 e. The van der Waals surface area contributed by atoms with Crippen molar-refractivity contribution in [2.24, 2.45) is 7.05 Å². The monoisotopic (exact) mass is 346 g/mol. The van der Waals surface area contributed by atoms with Crippen LogP contribution >= 0.6 is 15.9 Å². The number of hydrogen-bond donors (Lipinski definition) is 2. The third-order valence-electron chi connectivity index (χ3n) is 3.37. The molecule has 1 amide bonds. The molecule has 3 aromatic rings. The Labute approximate surface area is 130 Å². The van der Waals surface area contributed by atoms with E-state index >= 15 is 0 Å². The fourth-order valence-corrected chi connectivity index (χ4v) is 2.79. The van der Waals surface area contributed by atoms with Gasteiger partial charge in [-0.1, -0.05) is 12.1 Å². The summed E-state index contributed by atoms with van der Waals surface area (Å²) in [5.41, 5.74) is 2.47. The number of carbonyl (C=O) groups excluding carboxylic acids is 1. The number of amides is 1. The molecule has 0 aliphatic heterocycles. The summed E-state index contributed by atoms with van der Waals surface area (Å²) in [6.07, 6.45) is 1.85. The molecular weight excluding hydrogens is 332 g/mol. The quantitative estimate of drug-likeness (QED) is 0.765. The van der Waals surface area contributed by atoms with Crippen LogP contribution in [-0.2, 0) is 7.05 Å². The predicted octanol–water partition coefficient (Wildman–Crippen LogP) is 3.15. The normalized spacial score (nSPS) is 12.5. The molecule has 1 unspecified atom stereocenters. The second-order valence-electron chi connectivity index (χ2n) is 4.99. The lowest BCUT2D eigenvalue weighted by molar-refractivity contribution is 0.0930. The van der Waals surface area contributed by atoms with Crippen molar-refractivity contribution in [2.45, 2.75) is 13.0 Å². The Morgan fingerprint density at radius 2 is 2.19 bits per heavy atom. The number of rotatable bonds is 3. The Morgan fingerprint density at radius 3 is 2.86 bits per heavy atom. The zero-order valence-corrected chi connectivity index (χ0v) is 13.3. The molecule has 0 aliphatic carbocycles. The van der Waals surface area contributed by atoms with Gasteiger partial charge in [-0.2, -0.15) is 0 Å². The van der Waals surface area contributed by atoms with Crippen molar-refractivity contribution in [1.82, 2.24) is 19.9 Å². The molecule has 21 heavy (non-hydrogen) atoms.